The minimum Gasteiger partial charge on any atom is -0.355 e. The third-order valence-corrected chi connectivity index (χ3v) is 6.58. The van der Waals surface area contributed by atoms with Crippen molar-refractivity contribution in [3.8, 4) is 0 Å². The molecule has 0 aromatic carbocycles. The lowest BCUT2D eigenvalue weighted by Crippen LogP contribution is -2.39. The SMILES string of the molecule is O=C(NC1CC1)c1ccsc1NC(=O)C1CCN(c2ccc3nnc(C(F)(F)F)n3n2)CC1. The summed E-state index contributed by atoms with van der Waals surface area (Å²) in [4.78, 5) is 27.0. The first-order valence-corrected chi connectivity index (χ1v) is 11.4. The van der Waals surface area contributed by atoms with Gasteiger partial charge in [0, 0.05) is 25.0 Å². The van der Waals surface area contributed by atoms with Crippen LogP contribution in [0.5, 0.6) is 0 Å². The molecule has 0 atom stereocenters. The van der Waals surface area contributed by atoms with Crippen molar-refractivity contribution in [2.75, 3.05) is 23.3 Å². The Hall–Kier alpha value is -3.22. The van der Waals surface area contributed by atoms with E-state index in [0.29, 0.717) is 46.8 Å². The van der Waals surface area contributed by atoms with Crippen molar-refractivity contribution in [2.45, 2.75) is 37.9 Å². The van der Waals surface area contributed by atoms with E-state index in [1.165, 1.54) is 17.4 Å². The van der Waals surface area contributed by atoms with Gasteiger partial charge in [-0.05, 0) is 49.3 Å². The Morgan fingerprint density at radius 1 is 1.06 bits per heavy atom. The molecule has 1 aliphatic heterocycles. The lowest BCUT2D eigenvalue weighted by molar-refractivity contribution is -0.146. The van der Waals surface area contributed by atoms with E-state index in [2.05, 4.69) is 25.9 Å². The number of carbonyl (C=O) groups is 2. The molecule has 13 heteroatoms. The second kappa shape index (κ2) is 8.28. The number of thiophene rings is 1. The first kappa shape index (κ1) is 21.6. The zero-order valence-electron chi connectivity index (χ0n) is 17.3. The summed E-state index contributed by atoms with van der Waals surface area (Å²) < 4.78 is 40.0. The molecule has 1 aliphatic carbocycles. The van der Waals surface area contributed by atoms with E-state index in [1.54, 1.807) is 17.5 Å². The molecular weight excluding hydrogens is 459 g/mol. The van der Waals surface area contributed by atoms with Crippen LogP contribution in [-0.2, 0) is 11.0 Å². The van der Waals surface area contributed by atoms with Crippen molar-refractivity contribution < 1.29 is 22.8 Å². The zero-order valence-corrected chi connectivity index (χ0v) is 18.1. The maximum atomic E-state index is 13.1. The zero-order chi connectivity index (χ0) is 23.2. The number of hydrogen-bond donors (Lipinski definition) is 2. The van der Waals surface area contributed by atoms with Gasteiger partial charge in [0.15, 0.2) is 5.65 Å². The molecule has 5 rings (SSSR count). The first-order valence-electron chi connectivity index (χ1n) is 10.5. The molecule has 2 amide bonds. The van der Waals surface area contributed by atoms with Gasteiger partial charge < -0.3 is 15.5 Å². The van der Waals surface area contributed by atoms with E-state index in [0.717, 1.165) is 12.8 Å². The van der Waals surface area contributed by atoms with E-state index >= 15 is 0 Å². The summed E-state index contributed by atoms with van der Waals surface area (Å²) >= 11 is 1.30. The minimum atomic E-state index is -4.66. The van der Waals surface area contributed by atoms with Crippen molar-refractivity contribution in [3.63, 3.8) is 0 Å². The maximum Gasteiger partial charge on any atom is 0.453 e. The van der Waals surface area contributed by atoms with Crippen LogP contribution in [0.1, 0.15) is 41.9 Å². The molecular formula is C20H20F3N7O2S. The van der Waals surface area contributed by atoms with Crippen LogP contribution in [-0.4, -0.2) is 50.8 Å². The number of piperidine rings is 1. The predicted octanol–water partition coefficient (Wildman–Crippen LogP) is 2.95. The molecule has 1 saturated carbocycles. The number of halogens is 3. The average molecular weight is 479 g/mol. The number of carbonyl (C=O) groups excluding carboxylic acids is 2. The van der Waals surface area contributed by atoms with E-state index in [1.807, 2.05) is 4.90 Å². The molecule has 0 unspecified atom stereocenters. The fourth-order valence-electron chi connectivity index (χ4n) is 3.79. The molecule has 2 N–H and O–H groups in total. The summed E-state index contributed by atoms with van der Waals surface area (Å²) in [5.74, 6) is -1.43. The molecule has 0 spiro atoms. The molecule has 3 aromatic rings. The Morgan fingerprint density at radius 3 is 2.52 bits per heavy atom. The number of nitrogens with one attached hydrogen (secondary N) is 2. The third-order valence-electron chi connectivity index (χ3n) is 5.75. The number of aromatic nitrogens is 4. The topological polar surface area (TPSA) is 105 Å². The maximum absolute atomic E-state index is 13.1. The Balaban J connectivity index is 1.22. The molecule has 2 aliphatic rings. The normalized spacial score (nSPS) is 17.4. The Kier molecular flexibility index (Phi) is 5.43. The quantitative estimate of drug-likeness (QED) is 0.583. The van der Waals surface area contributed by atoms with Gasteiger partial charge in [-0.2, -0.15) is 17.7 Å². The molecule has 4 heterocycles. The number of rotatable bonds is 5. The average Bonchev–Trinajstić information content (AvgIpc) is 3.30. The number of hydrogen-bond acceptors (Lipinski definition) is 7. The second-order valence-electron chi connectivity index (χ2n) is 8.14. The molecule has 33 heavy (non-hydrogen) atoms. The molecule has 1 saturated heterocycles. The van der Waals surface area contributed by atoms with E-state index in [9.17, 15) is 22.8 Å². The Labute approximate surface area is 190 Å². The Morgan fingerprint density at radius 2 is 1.82 bits per heavy atom. The summed E-state index contributed by atoms with van der Waals surface area (Å²) in [6, 6.07) is 4.96. The Bertz CT molecular complexity index is 1200. The highest BCUT2D eigenvalue weighted by atomic mass is 32.1. The van der Waals surface area contributed by atoms with Crippen LogP contribution in [0.15, 0.2) is 23.6 Å². The van der Waals surface area contributed by atoms with Crippen molar-refractivity contribution in [1.29, 1.82) is 0 Å². The van der Waals surface area contributed by atoms with Crippen LogP contribution in [0.4, 0.5) is 24.0 Å². The van der Waals surface area contributed by atoms with Crippen LogP contribution in [0, 0.1) is 5.92 Å². The molecule has 0 radical (unpaired) electrons. The highest BCUT2D eigenvalue weighted by Crippen LogP contribution is 2.30. The van der Waals surface area contributed by atoms with Crippen LogP contribution in [0.2, 0.25) is 0 Å². The van der Waals surface area contributed by atoms with Crippen molar-refractivity contribution in [2.24, 2.45) is 5.92 Å². The number of nitrogens with zero attached hydrogens (tertiary/aromatic N) is 5. The molecule has 9 nitrogen and oxygen atoms in total. The molecule has 3 aromatic heterocycles. The van der Waals surface area contributed by atoms with Crippen LogP contribution in [0.3, 0.4) is 0 Å². The number of fused-ring (bicyclic) bond motifs is 1. The minimum absolute atomic E-state index is 0.0119. The molecule has 2 fully saturated rings. The number of alkyl halides is 3. The molecule has 174 valence electrons. The fraction of sp³-hybridized carbons (Fsp3) is 0.450. The smallest absolute Gasteiger partial charge is 0.355 e. The van der Waals surface area contributed by atoms with E-state index < -0.39 is 12.0 Å². The number of anilines is 2. The van der Waals surface area contributed by atoms with Crippen molar-refractivity contribution >= 4 is 39.6 Å². The summed E-state index contributed by atoms with van der Waals surface area (Å²) in [6.07, 6.45) is -1.68. The lowest BCUT2D eigenvalue weighted by Gasteiger charge is -2.32. The fourth-order valence-corrected chi connectivity index (χ4v) is 4.57. The number of amides is 2. The highest BCUT2D eigenvalue weighted by Gasteiger charge is 2.38. The van der Waals surface area contributed by atoms with Gasteiger partial charge in [-0.3, -0.25) is 9.59 Å². The van der Waals surface area contributed by atoms with Gasteiger partial charge in [-0.15, -0.1) is 26.6 Å². The second-order valence-corrected chi connectivity index (χ2v) is 9.06. The van der Waals surface area contributed by atoms with Crippen molar-refractivity contribution in [3.05, 3.63) is 35.0 Å². The summed E-state index contributed by atoms with van der Waals surface area (Å²) in [7, 11) is 0. The monoisotopic (exact) mass is 479 g/mol. The van der Waals surface area contributed by atoms with Gasteiger partial charge in [-0.25, -0.2) is 0 Å². The van der Waals surface area contributed by atoms with E-state index in [4.69, 9.17) is 0 Å². The standard InChI is InChI=1S/C20H20F3N7O2S/c21-20(22,23)19-27-26-14-3-4-15(28-30(14)19)29-8-5-11(6-9-29)16(31)25-18-13(7-10-33-18)17(32)24-12-1-2-12/h3-4,7,10-12H,1-2,5-6,8-9H2,(H,24,32)(H,25,31). The lowest BCUT2D eigenvalue weighted by atomic mass is 9.96. The first-order chi connectivity index (χ1) is 15.8. The predicted molar refractivity (Wildman–Crippen MR) is 114 cm³/mol. The van der Waals surface area contributed by atoms with Crippen molar-refractivity contribution in [1.82, 2.24) is 25.1 Å². The summed E-state index contributed by atoms with van der Waals surface area (Å²) in [6.45, 7) is 0.916. The van der Waals surface area contributed by atoms with Gasteiger partial charge in [0.1, 0.15) is 10.8 Å². The van der Waals surface area contributed by atoms with Gasteiger partial charge >= 0.3 is 6.18 Å². The third kappa shape index (κ3) is 4.49. The van der Waals surface area contributed by atoms with Gasteiger partial charge in [0.25, 0.3) is 11.7 Å². The largest absolute Gasteiger partial charge is 0.453 e. The van der Waals surface area contributed by atoms with Crippen LogP contribution < -0.4 is 15.5 Å². The van der Waals surface area contributed by atoms with Gasteiger partial charge in [-0.1, -0.05) is 0 Å². The highest BCUT2D eigenvalue weighted by molar-refractivity contribution is 7.14. The van der Waals surface area contributed by atoms with Crippen LogP contribution in [0.25, 0.3) is 5.65 Å². The molecule has 0 bridgehead atoms. The van der Waals surface area contributed by atoms with Gasteiger partial charge in [0.05, 0.1) is 5.56 Å². The van der Waals surface area contributed by atoms with Crippen LogP contribution >= 0.6 is 11.3 Å². The summed E-state index contributed by atoms with van der Waals surface area (Å²) in [5, 5.41) is 18.9. The van der Waals surface area contributed by atoms with Gasteiger partial charge in [0.2, 0.25) is 5.91 Å². The summed E-state index contributed by atoms with van der Waals surface area (Å²) in [5.41, 5.74) is 0.474. The van der Waals surface area contributed by atoms with E-state index in [-0.39, 0.29) is 29.4 Å².